The number of aromatic nitrogens is 2. The van der Waals surface area contributed by atoms with Crippen LogP contribution < -0.4 is 11.1 Å². The van der Waals surface area contributed by atoms with Gasteiger partial charge in [0.25, 0.3) is 0 Å². The molecule has 0 bridgehead atoms. The fourth-order valence-corrected chi connectivity index (χ4v) is 3.67. The Hall–Kier alpha value is -2.18. The van der Waals surface area contributed by atoms with Crippen LogP contribution in [-0.4, -0.2) is 34.4 Å². The molecule has 27 heavy (non-hydrogen) atoms. The van der Waals surface area contributed by atoms with Crippen LogP contribution >= 0.6 is 0 Å². The van der Waals surface area contributed by atoms with Crippen LogP contribution in [-0.2, 0) is 22.6 Å². The lowest BCUT2D eigenvalue weighted by Gasteiger charge is -2.33. The molecule has 0 radical (unpaired) electrons. The van der Waals surface area contributed by atoms with Gasteiger partial charge in [0.05, 0.1) is 12.6 Å². The van der Waals surface area contributed by atoms with Gasteiger partial charge in [0.15, 0.2) is 0 Å². The molecule has 0 saturated heterocycles. The Kier molecular flexibility index (Phi) is 7.01. The number of nitrogens with one attached hydrogen (secondary N) is 1. The second kappa shape index (κ2) is 9.67. The molecule has 1 aromatic carbocycles. The predicted octanol–water partition coefficient (Wildman–Crippen LogP) is 2.47. The highest BCUT2D eigenvalue weighted by molar-refractivity contribution is 5.78. The molecule has 0 spiro atoms. The Balaban J connectivity index is 1.52. The highest BCUT2D eigenvalue weighted by Crippen LogP contribution is 2.26. The minimum absolute atomic E-state index is 0.0280. The minimum Gasteiger partial charge on any atom is -0.377 e. The molecule has 1 heterocycles. The van der Waals surface area contributed by atoms with Crippen molar-refractivity contribution >= 4 is 5.91 Å². The maximum absolute atomic E-state index is 12.6. The third kappa shape index (κ3) is 5.40. The van der Waals surface area contributed by atoms with Gasteiger partial charge < -0.3 is 15.8 Å². The monoisotopic (exact) mass is 370 g/mol. The zero-order valence-electron chi connectivity index (χ0n) is 16.0. The smallest absolute Gasteiger partial charge is 0.223 e. The Bertz CT molecular complexity index is 717. The van der Waals surface area contributed by atoms with E-state index in [4.69, 9.17) is 10.5 Å². The van der Waals surface area contributed by atoms with Crippen molar-refractivity contribution in [3.05, 3.63) is 53.9 Å². The molecular formula is C21H30N4O2. The van der Waals surface area contributed by atoms with Crippen molar-refractivity contribution in [3.63, 3.8) is 0 Å². The van der Waals surface area contributed by atoms with Crippen molar-refractivity contribution in [1.82, 2.24) is 15.1 Å². The molecule has 2 aromatic rings. The molecule has 146 valence electrons. The van der Waals surface area contributed by atoms with Crippen molar-refractivity contribution in [2.45, 2.75) is 57.8 Å². The molecule has 3 rings (SSSR count). The van der Waals surface area contributed by atoms with Crippen LogP contribution in [0.4, 0.5) is 0 Å². The number of rotatable bonds is 8. The number of hydrogen-bond donors (Lipinski definition) is 2. The zero-order chi connectivity index (χ0) is 19.1. The summed E-state index contributed by atoms with van der Waals surface area (Å²) in [5, 5.41) is 7.36. The molecule has 1 aromatic heterocycles. The van der Waals surface area contributed by atoms with E-state index < -0.39 is 0 Å². The predicted molar refractivity (Wildman–Crippen MR) is 105 cm³/mol. The molecule has 1 aliphatic rings. The topological polar surface area (TPSA) is 82.2 Å². The van der Waals surface area contributed by atoms with Gasteiger partial charge in [0.2, 0.25) is 5.91 Å². The van der Waals surface area contributed by atoms with Gasteiger partial charge in [-0.3, -0.25) is 9.48 Å². The third-order valence-electron chi connectivity index (χ3n) is 5.20. The summed E-state index contributed by atoms with van der Waals surface area (Å²) in [5.41, 5.74) is 8.52. The van der Waals surface area contributed by atoms with Gasteiger partial charge in [-0.15, -0.1) is 0 Å². The number of amides is 1. The molecule has 1 amide bonds. The number of carbonyl (C=O) groups excluding carboxylic acids is 1. The average Bonchev–Trinajstić information content (AvgIpc) is 3.19. The van der Waals surface area contributed by atoms with Gasteiger partial charge in [-0.05, 0) is 42.9 Å². The van der Waals surface area contributed by atoms with E-state index in [1.54, 1.807) is 6.20 Å². The zero-order valence-corrected chi connectivity index (χ0v) is 16.0. The van der Waals surface area contributed by atoms with Gasteiger partial charge >= 0.3 is 0 Å². The highest BCUT2D eigenvalue weighted by atomic mass is 16.5. The largest absolute Gasteiger partial charge is 0.377 e. The highest BCUT2D eigenvalue weighted by Gasteiger charge is 2.32. The molecule has 3 N–H and O–H groups in total. The maximum Gasteiger partial charge on any atom is 0.223 e. The first-order valence-electron chi connectivity index (χ1n) is 9.86. The maximum atomic E-state index is 12.6. The van der Waals surface area contributed by atoms with Crippen LogP contribution in [0.2, 0.25) is 0 Å². The quantitative estimate of drug-likeness (QED) is 0.748. The second-order valence-corrected chi connectivity index (χ2v) is 7.27. The van der Waals surface area contributed by atoms with Crippen LogP contribution in [0.25, 0.3) is 0 Å². The van der Waals surface area contributed by atoms with Crippen LogP contribution in [0.3, 0.4) is 0 Å². The summed E-state index contributed by atoms with van der Waals surface area (Å²) in [7, 11) is 0. The summed E-state index contributed by atoms with van der Waals surface area (Å²) in [5.74, 6) is 0.0630. The molecule has 6 heteroatoms. The molecular weight excluding hydrogens is 340 g/mol. The Morgan fingerprint density at radius 3 is 2.81 bits per heavy atom. The molecule has 3 atom stereocenters. The van der Waals surface area contributed by atoms with E-state index in [-0.39, 0.29) is 24.0 Å². The summed E-state index contributed by atoms with van der Waals surface area (Å²) in [4.78, 5) is 12.6. The summed E-state index contributed by atoms with van der Waals surface area (Å²) in [6.07, 6.45) is 7.17. The summed E-state index contributed by atoms with van der Waals surface area (Å²) < 4.78 is 7.69. The minimum atomic E-state index is -0.0619. The number of hydrogen-bond acceptors (Lipinski definition) is 4. The van der Waals surface area contributed by atoms with Crippen LogP contribution in [0.5, 0.6) is 0 Å². The first-order chi connectivity index (χ1) is 13.2. The lowest BCUT2D eigenvalue weighted by atomic mass is 9.83. The van der Waals surface area contributed by atoms with E-state index >= 15 is 0 Å². The molecule has 1 aliphatic carbocycles. The van der Waals surface area contributed by atoms with Crippen LogP contribution in [0, 0.1) is 5.92 Å². The van der Waals surface area contributed by atoms with Crippen LogP contribution in [0.15, 0.2) is 42.7 Å². The molecule has 1 fully saturated rings. The fraction of sp³-hybridized carbons (Fsp3) is 0.524. The fourth-order valence-electron chi connectivity index (χ4n) is 3.67. The van der Waals surface area contributed by atoms with Gasteiger partial charge in [-0.1, -0.05) is 31.2 Å². The van der Waals surface area contributed by atoms with E-state index in [0.717, 1.165) is 37.0 Å². The Morgan fingerprint density at radius 1 is 1.30 bits per heavy atom. The molecule has 6 nitrogen and oxygen atoms in total. The number of nitrogens with two attached hydrogens (primary N) is 1. The van der Waals surface area contributed by atoms with Gasteiger partial charge in [0.1, 0.15) is 0 Å². The van der Waals surface area contributed by atoms with Crippen molar-refractivity contribution in [2.24, 2.45) is 11.7 Å². The van der Waals surface area contributed by atoms with E-state index in [2.05, 4.69) is 29.5 Å². The third-order valence-corrected chi connectivity index (χ3v) is 5.20. The van der Waals surface area contributed by atoms with Crippen molar-refractivity contribution in [3.8, 4) is 0 Å². The van der Waals surface area contributed by atoms with Crippen molar-refractivity contribution < 1.29 is 9.53 Å². The lowest BCUT2D eigenvalue weighted by molar-refractivity contribution is -0.127. The van der Waals surface area contributed by atoms with Gasteiger partial charge in [0, 0.05) is 37.5 Å². The SMILES string of the molecule is CCCO[C@@H]1CC[C@H](C(=O)NCc2ccccc2Cn2cccn2)C[C@H]1N. The Labute approximate surface area is 161 Å². The van der Waals surface area contributed by atoms with Crippen molar-refractivity contribution in [1.29, 1.82) is 0 Å². The summed E-state index contributed by atoms with van der Waals surface area (Å²) in [6.45, 7) is 4.05. The number of ether oxygens (including phenoxy) is 1. The van der Waals surface area contributed by atoms with E-state index in [0.29, 0.717) is 19.5 Å². The molecule has 1 saturated carbocycles. The van der Waals surface area contributed by atoms with E-state index in [1.807, 2.05) is 29.1 Å². The first kappa shape index (κ1) is 19.6. The summed E-state index contributed by atoms with van der Waals surface area (Å²) >= 11 is 0. The normalized spacial score (nSPS) is 22.5. The van der Waals surface area contributed by atoms with Gasteiger partial charge in [-0.25, -0.2) is 0 Å². The van der Waals surface area contributed by atoms with Crippen molar-refractivity contribution in [2.75, 3.05) is 6.61 Å². The molecule has 0 unspecified atom stereocenters. The number of carbonyl (C=O) groups is 1. The van der Waals surface area contributed by atoms with E-state index in [1.165, 1.54) is 0 Å². The number of benzene rings is 1. The number of nitrogens with zero attached hydrogens (tertiary/aromatic N) is 2. The second-order valence-electron chi connectivity index (χ2n) is 7.27. The average molecular weight is 370 g/mol. The first-order valence-corrected chi connectivity index (χ1v) is 9.86. The van der Waals surface area contributed by atoms with Gasteiger partial charge in [-0.2, -0.15) is 5.10 Å². The Morgan fingerprint density at radius 2 is 2.11 bits per heavy atom. The lowest BCUT2D eigenvalue weighted by Crippen LogP contribution is -2.46. The van der Waals surface area contributed by atoms with Crippen LogP contribution in [0.1, 0.15) is 43.7 Å². The summed E-state index contributed by atoms with van der Waals surface area (Å²) in [6, 6.07) is 10.00. The van der Waals surface area contributed by atoms with E-state index in [9.17, 15) is 4.79 Å². The standard InChI is InChI=1S/C21H30N4O2/c1-2-12-27-20-9-8-16(13-19(20)22)21(26)23-14-17-6-3-4-7-18(17)15-25-11-5-10-24-25/h3-7,10-11,16,19-20H,2,8-9,12-15,22H2,1H3,(H,23,26)/t16-,19+,20+/m0/s1. The molecule has 0 aliphatic heterocycles.